The van der Waals surface area contributed by atoms with E-state index < -0.39 is 12.1 Å². The Morgan fingerprint density at radius 3 is 2.46 bits per heavy atom. The third-order valence-electron chi connectivity index (χ3n) is 4.39. The smallest absolute Gasteiger partial charge is 0.410 e. The second-order valence-electron chi connectivity index (χ2n) is 6.48. The molecule has 2 amide bonds. The first-order valence-electron chi connectivity index (χ1n) is 8.56. The Morgan fingerprint density at radius 1 is 1.12 bits per heavy atom. The highest BCUT2D eigenvalue weighted by atomic mass is 16.6. The van der Waals surface area contributed by atoms with E-state index in [-0.39, 0.29) is 12.5 Å². The maximum atomic E-state index is 12.5. The third kappa shape index (κ3) is 4.14. The van der Waals surface area contributed by atoms with Crippen LogP contribution in [-0.2, 0) is 22.6 Å². The van der Waals surface area contributed by atoms with Crippen LogP contribution in [0, 0.1) is 0 Å². The maximum absolute atomic E-state index is 12.5. The van der Waals surface area contributed by atoms with Crippen molar-refractivity contribution < 1.29 is 14.3 Å². The average Bonchev–Trinajstić information content (AvgIpc) is 3.01. The first-order chi connectivity index (χ1) is 12.5. The van der Waals surface area contributed by atoms with Crippen molar-refractivity contribution in [3.8, 4) is 0 Å². The van der Waals surface area contributed by atoms with Crippen molar-refractivity contribution >= 4 is 17.7 Å². The van der Waals surface area contributed by atoms with Gasteiger partial charge in [0.1, 0.15) is 12.6 Å². The van der Waals surface area contributed by atoms with Crippen LogP contribution in [0.4, 0.5) is 10.5 Å². The molecule has 6 nitrogen and oxygen atoms in total. The van der Waals surface area contributed by atoms with Crippen molar-refractivity contribution in [1.29, 1.82) is 0 Å². The van der Waals surface area contributed by atoms with E-state index in [0.29, 0.717) is 13.1 Å². The van der Waals surface area contributed by atoms with Crippen molar-refractivity contribution in [3.05, 3.63) is 65.7 Å². The molecule has 1 N–H and O–H groups in total. The molecule has 0 spiro atoms. The fourth-order valence-corrected chi connectivity index (χ4v) is 2.84. The lowest BCUT2D eigenvalue weighted by Gasteiger charge is -2.21. The van der Waals surface area contributed by atoms with Crippen molar-refractivity contribution in [2.75, 3.05) is 25.6 Å². The van der Waals surface area contributed by atoms with Crippen LogP contribution in [0.1, 0.15) is 11.1 Å². The van der Waals surface area contributed by atoms with Gasteiger partial charge in [-0.25, -0.2) is 4.79 Å². The first kappa shape index (κ1) is 17.8. The molecule has 2 aromatic rings. The van der Waals surface area contributed by atoms with Crippen molar-refractivity contribution in [1.82, 2.24) is 10.2 Å². The molecule has 1 aliphatic heterocycles. The summed E-state index contributed by atoms with van der Waals surface area (Å²) in [6.07, 6.45) is -0.454. The van der Waals surface area contributed by atoms with Gasteiger partial charge in [-0.1, -0.05) is 42.5 Å². The zero-order chi connectivity index (χ0) is 18.5. The fraction of sp³-hybridized carbons (Fsp3) is 0.300. The molecule has 0 radical (unpaired) electrons. The SMILES string of the molecule is CN(C)c1ccc(CNC(=O)[C@@H]2COC(=O)N2Cc2ccccc2)cc1. The van der Waals surface area contributed by atoms with E-state index in [1.54, 1.807) is 0 Å². The number of cyclic esters (lactones) is 1. The van der Waals surface area contributed by atoms with Crippen molar-refractivity contribution in [2.45, 2.75) is 19.1 Å². The Balaban J connectivity index is 1.60. The molecule has 1 saturated heterocycles. The summed E-state index contributed by atoms with van der Waals surface area (Å²) in [5.41, 5.74) is 3.07. The number of ether oxygens (including phenoxy) is 1. The van der Waals surface area contributed by atoms with Crippen LogP contribution in [-0.4, -0.2) is 43.6 Å². The van der Waals surface area contributed by atoms with E-state index in [1.165, 1.54) is 4.90 Å². The number of nitrogens with one attached hydrogen (secondary N) is 1. The normalized spacial score (nSPS) is 16.3. The summed E-state index contributed by atoms with van der Waals surface area (Å²) in [5.74, 6) is -0.205. The summed E-state index contributed by atoms with van der Waals surface area (Å²) in [5, 5.41) is 2.90. The summed E-state index contributed by atoms with van der Waals surface area (Å²) >= 11 is 0. The second-order valence-corrected chi connectivity index (χ2v) is 6.48. The lowest BCUT2D eigenvalue weighted by molar-refractivity contribution is -0.125. The van der Waals surface area contributed by atoms with Crippen LogP contribution in [0.5, 0.6) is 0 Å². The zero-order valence-corrected chi connectivity index (χ0v) is 15.0. The van der Waals surface area contributed by atoms with E-state index >= 15 is 0 Å². The summed E-state index contributed by atoms with van der Waals surface area (Å²) in [6, 6.07) is 16.9. The van der Waals surface area contributed by atoms with Gasteiger partial charge in [0.05, 0.1) is 6.54 Å². The summed E-state index contributed by atoms with van der Waals surface area (Å²) in [7, 11) is 3.96. The van der Waals surface area contributed by atoms with Gasteiger partial charge in [0, 0.05) is 26.3 Å². The van der Waals surface area contributed by atoms with Gasteiger partial charge >= 0.3 is 6.09 Å². The van der Waals surface area contributed by atoms with Crippen LogP contribution >= 0.6 is 0 Å². The molecule has 2 aromatic carbocycles. The van der Waals surface area contributed by atoms with E-state index in [9.17, 15) is 9.59 Å². The topological polar surface area (TPSA) is 61.9 Å². The molecule has 1 heterocycles. The number of rotatable bonds is 6. The highest BCUT2D eigenvalue weighted by Crippen LogP contribution is 2.17. The largest absolute Gasteiger partial charge is 0.447 e. The highest BCUT2D eigenvalue weighted by molar-refractivity contribution is 5.87. The van der Waals surface area contributed by atoms with E-state index in [0.717, 1.165) is 16.8 Å². The molecule has 0 bridgehead atoms. The quantitative estimate of drug-likeness (QED) is 0.866. The minimum Gasteiger partial charge on any atom is -0.447 e. The van der Waals surface area contributed by atoms with E-state index in [1.807, 2.05) is 73.6 Å². The second kappa shape index (κ2) is 7.91. The maximum Gasteiger partial charge on any atom is 0.410 e. The molecule has 6 heteroatoms. The standard InChI is InChI=1S/C20H23N3O3/c1-22(2)17-10-8-15(9-11-17)12-21-19(24)18-14-26-20(25)23(18)13-16-6-4-3-5-7-16/h3-11,18H,12-14H2,1-2H3,(H,21,24)/t18-/m0/s1. The van der Waals surface area contributed by atoms with Gasteiger partial charge in [0.25, 0.3) is 0 Å². The van der Waals surface area contributed by atoms with Gasteiger partial charge in [0.2, 0.25) is 5.91 Å². The molecular formula is C20H23N3O3. The predicted octanol–water partition coefficient (Wildman–Crippen LogP) is 2.39. The molecular weight excluding hydrogens is 330 g/mol. The van der Waals surface area contributed by atoms with E-state index in [2.05, 4.69) is 5.32 Å². The number of carbonyl (C=O) groups is 2. The molecule has 0 aromatic heterocycles. The first-order valence-corrected chi connectivity index (χ1v) is 8.56. The number of hydrogen-bond donors (Lipinski definition) is 1. The molecule has 0 unspecified atom stereocenters. The lowest BCUT2D eigenvalue weighted by Crippen LogP contribution is -2.45. The average molecular weight is 353 g/mol. The molecule has 1 fully saturated rings. The molecule has 0 aliphatic carbocycles. The Bertz CT molecular complexity index is 760. The number of hydrogen-bond acceptors (Lipinski definition) is 4. The van der Waals surface area contributed by atoms with Crippen molar-refractivity contribution in [2.24, 2.45) is 0 Å². The van der Waals surface area contributed by atoms with Gasteiger partial charge in [-0.05, 0) is 23.3 Å². The van der Waals surface area contributed by atoms with Crippen LogP contribution < -0.4 is 10.2 Å². The predicted molar refractivity (Wildman–Crippen MR) is 99.7 cm³/mol. The van der Waals surface area contributed by atoms with Crippen LogP contribution in [0.15, 0.2) is 54.6 Å². The summed E-state index contributed by atoms with van der Waals surface area (Å²) in [4.78, 5) is 28.0. The summed E-state index contributed by atoms with van der Waals surface area (Å²) < 4.78 is 5.09. The van der Waals surface area contributed by atoms with Gasteiger partial charge in [-0.3, -0.25) is 9.69 Å². The van der Waals surface area contributed by atoms with E-state index in [4.69, 9.17) is 4.74 Å². The van der Waals surface area contributed by atoms with Crippen LogP contribution in [0.3, 0.4) is 0 Å². The third-order valence-corrected chi connectivity index (χ3v) is 4.39. The number of anilines is 1. The van der Waals surface area contributed by atoms with Crippen molar-refractivity contribution in [3.63, 3.8) is 0 Å². The number of carbonyl (C=O) groups excluding carboxylic acids is 2. The zero-order valence-electron chi connectivity index (χ0n) is 15.0. The van der Waals surface area contributed by atoms with Crippen LogP contribution in [0.2, 0.25) is 0 Å². The van der Waals surface area contributed by atoms with Gasteiger partial charge in [0.15, 0.2) is 0 Å². The molecule has 136 valence electrons. The Labute approximate surface area is 153 Å². The number of amides is 2. The summed E-state index contributed by atoms with van der Waals surface area (Å²) in [6.45, 7) is 0.850. The lowest BCUT2D eigenvalue weighted by atomic mass is 10.1. The number of nitrogens with zero attached hydrogens (tertiary/aromatic N) is 2. The monoisotopic (exact) mass is 353 g/mol. The van der Waals surface area contributed by atoms with Crippen LogP contribution in [0.25, 0.3) is 0 Å². The molecule has 1 atom stereocenters. The minimum absolute atomic E-state index is 0.0804. The number of benzene rings is 2. The Hall–Kier alpha value is -3.02. The highest BCUT2D eigenvalue weighted by Gasteiger charge is 2.37. The molecule has 1 aliphatic rings. The molecule has 26 heavy (non-hydrogen) atoms. The van der Waals surface area contributed by atoms with Gasteiger partial charge in [-0.15, -0.1) is 0 Å². The molecule has 3 rings (SSSR count). The Kier molecular flexibility index (Phi) is 5.41. The molecule has 0 saturated carbocycles. The Morgan fingerprint density at radius 2 is 1.81 bits per heavy atom. The van der Waals surface area contributed by atoms with Gasteiger partial charge in [-0.2, -0.15) is 0 Å². The minimum atomic E-state index is -0.608. The van der Waals surface area contributed by atoms with Gasteiger partial charge < -0.3 is 15.0 Å². The fourth-order valence-electron chi connectivity index (χ4n) is 2.84.